The quantitative estimate of drug-likeness (QED) is 0.551. The van der Waals surface area contributed by atoms with E-state index < -0.39 is 5.41 Å². The number of aliphatic imine (C=N–C) groups is 1. The van der Waals surface area contributed by atoms with Crippen molar-refractivity contribution in [1.82, 2.24) is 4.90 Å². The summed E-state index contributed by atoms with van der Waals surface area (Å²) in [5.74, 6) is 0.972. The van der Waals surface area contributed by atoms with Crippen molar-refractivity contribution in [2.24, 2.45) is 4.99 Å². The van der Waals surface area contributed by atoms with E-state index in [4.69, 9.17) is 17.0 Å². The van der Waals surface area contributed by atoms with E-state index in [2.05, 4.69) is 11.6 Å². The zero-order chi connectivity index (χ0) is 21.3. The fourth-order valence-electron chi connectivity index (χ4n) is 3.50. The van der Waals surface area contributed by atoms with Gasteiger partial charge in [0.25, 0.3) is 0 Å². The first-order valence-corrected chi connectivity index (χ1v) is 9.77. The summed E-state index contributed by atoms with van der Waals surface area (Å²) in [5.41, 5.74) is 3.04. The molecule has 0 saturated heterocycles. The van der Waals surface area contributed by atoms with Crippen molar-refractivity contribution in [2.75, 3.05) is 14.2 Å². The molecule has 0 aromatic heterocycles. The fraction of sp³-hybridized carbons (Fsp3) is 0.304. The molecule has 2 aromatic carbocycles. The van der Waals surface area contributed by atoms with Gasteiger partial charge in [-0.3, -0.25) is 0 Å². The van der Waals surface area contributed by atoms with Gasteiger partial charge in [0.2, 0.25) is 0 Å². The Bertz CT molecular complexity index is 980. The molecule has 0 bridgehead atoms. The molecule has 1 aliphatic heterocycles. The Hall–Kier alpha value is -2.86. The first-order chi connectivity index (χ1) is 13.7. The molecule has 0 radical (unpaired) electrons. The number of phenols is 2. The van der Waals surface area contributed by atoms with Crippen LogP contribution in [0.2, 0.25) is 0 Å². The van der Waals surface area contributed by atoms with E-state index in [0.717, 1.165) is 22.4 Å². The highest BCUT2D eigenvalue weighted by Gasteiger charge is 2.31. The molecular weight excluding hydrogens is 384 g/mol. The van der Waals surface area contributed by atoms with Gasteiger partial charge in [-0.15, -0.1) is 6.58 Å². The Kier molecular flexibility index (Phi) is 5.66. The number of aromatic hydroxyl groups is 2. The lowest BCUT2D eigenvalue weighted by atomic mass is 9.81. The van der Waals surface area contributed by atoms with Gasteiger partial charge >= 0.3 is 0 Å². The van der Waals surface area contributed by atoms with Gasteiger partial charge in [0.1, 0.15) is 17.2 Å². The predicted octanol–water partition coefficient (Wildman–Crippen LogP) is 4.72. The molecule has 1 unspecified atom stereocenters. The third kappa shape index (κ3) is 3.98. The standard InChI is InChI=1S/C23H26N2O3S/c1-6-23(2,3)17-11-16(21(28-5)13-20(17)27)19-12-18(24-22(29)25(19)4)14-7-9-15(26)10-8-14/h6-11,13,19,26-27H,1,12H2,2-5H3. The molecule has 29 heavy (non-hydrogen) atoms. The number of phenolic OH excluding ortho intramolecular Hbond substituents is 2. The SMILES string of the molecule is C=CC(C)(C)c1cc(C2CC(c3ccc(O)cc3)=NC(=S)N2C)c(OC)cc1O. The maximum atomic E-state index is 10.6. The topological polar surface area (TPSA) is 65.3 Å². The van der Waals surface area contributed by atoms with Crippen LogP contribution < -0.4 is 4.74 Å². The van der Waals surface area contributed by atoms with E-state index in [1.165, 1.54) is 0 Å². The number of benzene rings is 2. The van der Waals surface area contributed by atoms with Crippen molar-refractivity contribution in [1.29, 1.82) is 0 Å². The van der Waals surface area contributed by atoms with Crippen LogP contribution in [0.25, 0.3) is 0 Å². The van der Waals surface area contributed by atoms with E-state index >= 15 is 0 Å². The fourth-order valence-corrected chi connectivity index (χ4v) is 3.73. The summed E-state index contributed by atoms with van der Waals surface area (Å²) in [7, 11) is 3.50. The van der Waals surface area contributed by atoms with Gasteiger partial charge in [-0.2, -0.15) is 0 Å². The van der Waals surface area contributed by atoms with Gasteiger partial charge < -0.3 is 19.8 Å². The van der Waals surface area contributed by atoms with Gasteiger partial charge in [0, 0.05) is 36.1 Å². The summed E-state index contributed by atoms with van der Waals surface area (Å²) in [5, 5.41) is 20.6. The molecule has 0 fully saturated rings. The molecule has 1 heterocycles. The van der Waals surface area contributed by atoms with E-state index in [0.29, 0.717) is 17.3 Å². The number of allylic oxidation sites excluding steroid dienone is 1. The monoisotopic (exact) mass is 410 g/mol. The van der Waals surface area contributed by atoms with Crippen molar-refractivity contribution in [3.63, 3.8) is 0 Å². The van der Waals surface area contributed by atoms with Crippen molar-refractivity contribution in [3.05, 3.63) is 65.7 Å². The molecule has 1 atom stereocenters. The van der Waals surface area contributed by atoms with Crippen LogP contribution in [0.1, 0.15) is 43.0 Å². The average Bonchev–Trinajstić information content (AvgIpc) is 2.70. The lowest BCUT2D eigenvalue weighted by molar-refractivity contribution is 0.347. The largest absolute Gasteiger partial charge is 0.508 e. The third-order valence-electron chi connectivity index (χ3n) is 5.50. The highest BCUT2D eigenvalue weighted by atomic mass is 32.1. The van der Waals surface area contributed by atoms with Crippen LogP contribution in [-0.2, 0) is 5.41 Å². The number of hydrogen-bond donors (Lipinski definition) is 2. The zero-order valence-electron chi connectivity index (χ0n) is 17.1. The Balaban J connectivity index is 2.10. The number of methoxy groups -OCH3 is 1. The Morgan fingerprint density at radius 1 is 1.24 bits per heavy atom. The van der Waals surface area contributed by atoms with E-state index in [9.17, 15) is 10.2 Å². The van der Waals surface area contributed by atoms with Gasteiger partial charge in [-0.1, -0.05) is 19.9 Å². The van der Waals surface area contributed by atoms with Crippen molar-refractivity contribution in [2.45, 2.75) is 31.7 Å². The summed E-state index contributed by atoms with van der Waals surface area (Å²) in [6.45, 7) is 7.92. The summed E-state index contributed by atoms with van der Waals surface area (Å²) < 4.78 is 5.59. The number of thiocarbonyl (C=S) groups is 1. The first kappa shape index (κ1) is 20.9. The number of hydrogen-bond acceptors (Lipinski definition) is 4. The van der Waals surface area contributed by atoms with Gasteiger partial charge in [-0.25, -0.2) is 4.99 Å². The molecule has 6 heteroatoms. The molecule has 152 valence electrons. The summed E-state index contributed by atoms with van der Waals surface area (Å²) >= 11 is 5.53. The normalized spacial score (nSPS) is 17.1. The predicted molar refractivity (Wildman–Crippen MR) is 120 cm³/mol. The summed E-state index contributed by atoms with van der Waals surface area (Å²) in [4.78, 5) is 6.53. The number of nitrogens with zero attached hydrogens (tertiary/aromatic N) is 2. The van der Waals surface area contributed by atoms with E-state index in [-0.39, 0.29) is 17.5 Å². The molecule has 0 amide bonds. The molecular formula is C23H26N2O3S. The van der Waals surface area contributed by atoms with Crippen LogP contribution in [0.4, 0.5) is 0 Å². The minimum atomic E-state index is -0.410. The number of ether oxygens (including phenoxy) is 1. The van der Waals surface area contributed by atoms with Crippen molar-refractivity contribution in [3.8, 4) is 17.2 Å². The molecule has 2 aromatic rings. The molecule has 1 aliphatic rings. The van der Waals surface area contributed by atoms with Crippen molar-refractivity contribution >= 4 is 23.0 Å². The van der Waals surface area contributed by atoms with Gasteiger partial charge in [0.05, 0.1) is 18.9 Å². The van der Waals surface area contributed by atoms with Gasteiger partial charge in [0.15, 0.2) is 5.11 Å². The van der Waals surface area contributed by atoms with Crippen LogP contribution >= 0.6 is 12.2 Å². The molecule has 0 saturated carbocycles. The Morgan fingerprint density at radius 3 is 2.48 bits per heavy atom. The average molecular weight is 411 g/mol. The van der Waals surface area contributed by atoms with Crippen LogP contribution in [0.3, 0.4) is 0 Å². The lowest BCUT2D eigenvalue weighted by Crippen LogP contribution is -2.35. The van der Waals surface area contributed by atoms with Crippen LogP contribution in [0.5, 0.6) is 17.2 Å². The molecule has 0 aliphatic carbocycles. The highest BCUT2D eigenvalue weighted by molar-refractivity contribution is 7.80. The molecule has 0 spiro atoms. The summed E-state index contributed by atoms with van der Waals surface area (Å²) in [6.07, 6.45) is 2.42. The van der Waals surface area contributed by atoms with Crippen molar-refractivity contribution < 1.29 is 14.9 Å². The Labute approximate surface area is 177 Å². The van der Waals surface area contributed by atoms with Gasteiger partial charge in [-0.05, 0) is 48.1 Å². The smallest absolute Gasteiger partial charge is 0.195 e. The minimum Gasteiger partial charge on any atom is -0.508 e. The molecule has 2 N–H and O–H groups in total. The summed E-state index contributed by atoms with van der Waals surface area (Å²) in [6, 6.07) is 10.5. The second-order valence-corrected chi connectivity index (χ2v) is 8.12. The molecule has 5 nitrogen and oxygen atoms in total. The van der Waals surface area contributed by atoms with Crippen LogP contribution in [0.15, 0.2) is 54.0 Å². The molecule has 3 rings (SSSR count). The van der Waals surface area contributed by atoms with E-state index in [1.807, 2.05) is 50.1 Å². The van der Waals surface area contributed by atoms with Crippen LogP contribution in [0, 0.1) is 0 Å². The number of rotatable bonds is 5. The second kappa shape index (κ2) is 7.87. The Morgan fingerprint density at radius 2 is 1.90 bits per heavy atom. The second-order valence-electron chi connectivity index (χ2n) is 7.76. The lowest BCUT2D eigenvalue weighted by Gasteiger charge is -2.35. The maximum absolute atomic E-state index is 10.6. The minimum absolute atomic E-state index is 0.112. The first-order valence-electron chi connectivity index (χ1n) is 9.36. The highest BCUT2D eigenvalue weighted by Crippen LogP contribution is 2.42. The maximum Gasteiger partial charge on any atom is 0.195 e. The van der Waals surface area contributed by atoms with Crippen LogP contribution in [-0.4, -0.2) is 40.1 Å². The zero-order valence-corrected chi connectivity index (χ0v) is 18.0. The third-order valence-corrected chi connectivity index (χ3v) is 5.88. The van der Waals surface area contributed by atoms with E-state index in [1.54, 1.807) is 25.3 Å².